The number of hydrogen-bond acceptors (Lipinski definition) is 3. The third-order valence-electron chi connectivity index (χ3n) is 3.32. The van der Waals surface area contributed by atoms with E-state index in [1.54, 1.807) is 11.3 Å². The van der Waals surface area contributed by atoms with E-state index in [-0.39, 0.29) is 0 Å². The van der Waals surface area contributed by atoms with E-state index in [0.29, 0.717) is 6.04 Å². The molecule has 2 aromatic rings. The molecule has 5 heteroatoms. The number of nitrogens with one attached hydrogen (secondary N) is 2. The molecule has 96 valence electrons. The number of H-pyrrole nitrogens is 1. The number of thiophene rings is 1. The van der Waals surface area contributed by atoms with Crippen molar-refractivity contribution in [2.75, 3.05) is 6.54 Å². The minimum atomic E-state index is 0.393. The first-order valence-corrected chi connectivity index (χ1v) is 8.03. The summed E-state index contributed by atoms with van der Waals surface area (Å²) in [5, 5.41) is 5.67. The van der Waals surface area contributed by atoms with Crippen molar-refractivity contribution >= 4 is 27.3 Å². The molecule has 0 saturated carbocycles. The molecule has 0 radical (unpaired) electrons. The maximum Gasteiger partial charge on any atom is 0.123 e. The second kappa shape index (κ2) is 5.55. The summed E-state index contributed by atoms with van der Waals surface area (Å²) < 4.78 is 1.13. The maximum atomic E-state index is 4.54. The number of rotatable bonds is 2. The molecule has 2 N–H and O–H groups in total. The molecular weight excluding hydrogens is 310 g/mol. The van der Waals surface area contributed by atoms with Crippen molar-refractivity contribution in [3.05, 3.63) is 27.9 Å². The number of nitrogens with zero attached hydrogens (tertiary/aromatic N) is 1. The smallest absolute Gasteiger partial charge is 0.123 e. The Morgan fingerprint density at radius 1 is 1.33 bits per heavy atom. The largest absolute Gasteiger partial charge is 0.340 e. The standard InChI is InChI=1S/C13H16BrN3S/c14-9-6-12(18-8-9)11-7-16-13(17-11)10-4-2-1-3-5-15-10/h6-8,10,15H,1-5H2,(H,16,17). The highest BCUT2D eigenvalue weighted by Crippen LogP contribution is 2.30. The topological polar surface area (TPSA) is 40.7 Å². The van der Waals surface area contributed by atoms with E-state index >= 15 is 0 Å². The summed E-state index contributed by atoms with van der Waals surface area (Å²) in [4.78, 5) is 9.23. The second-order valence-electron chi connectivity index (χ2n) is 4.67. The molecule has 1 saturated heterocycles. The van der Waals surface area contributed by atoms with Crippen LogP contribution in [0.3, 0.4) is 0 Å². The van der Waals surface area contributed by atoms with E-state index in [9.17, 15) is 0 Å². The van der Waals surface area contributed by atoms with Crippen LogP contribution < -0.4 is 5.32 Å². The van der Waals surface area contributed by atoms with Crippen LogP contribution in [0.15, 0.2) is 22.1 Å². The van der Waals surface area contributed by atoms with Crippen LogP contribution in [-0.4, -0.2) is 16.5 Å². The van der Waals surface area contributed by atoms with Gasteiger partial charge in [0.1, 0.15) is 5.82 Å². The number of halogens is 1. The van der Waals surface area contributed by atoms with Gasteiger partial charge in [0.15, 0.2) is 0 Å². The molecule has 18 heavy (non-hydrogen) atoms. The van der Waals surface area contributed by atoms with Crippen molar-refractivity contribution in [1.29, 1.82) is 0 Å². The van der Waals surface area contributed by atoms with Crippen LogP contribution in [0.25, 0.3) is 10.6 Å². The molecule has 0 aliphatic carbocycles. The second-order valence-corrected chi connectivity index (χ2v) is 6.49. The van der Waals surface area contributed by atoms with Crippen molar-refractivity contribution in [3.8, 4) is 10.6 Å². The Morgan fingerprint density at radius 2 is 2.28 bits per heavy atom. The Hall–Kier alpha value is -0.650. The van der Waals surface area contributed by atoms with Crippen LogP contribution in [0.1, 0.15) is 37.5 Å². The quantitative estimate of drug-likeness (QED) is 0.872. The Morgan fingerprint density at radius 3 is 3.11 bits per heavy atom. The monoisotopic (exact) mass is 325 g/mol. The van der Waals surface area contributed by atoms with E-state index in [0.717, 1.165) is 22.5 Å². The molecule has 0 amide bonds. The van der Waals surface area contributed by atoms with Gasteiger partial charge in [0.25, 0.3) is 0 Å². The van der Waals surface area contributed by atoms with Gasteiger partial charge >= 0.3 is 0 Å². The van der Waals surface area contributed by atoms with Gasteiger partial charge < -0.3 is 10.3 Å². The third-order valence-corrected chi connectivity index (χ3v) is 5.04. The summed E-state index contributed by atoms with van der Waals surface area (Å²) in [5.74, 6) is 1.08. The van der Waals surface area contributed by atoms with Crippen LogP contribution in [-0.2, 0) is 0 Å². The van der Waals surface area contributed by atoms with Crippen LogP contribution >= 0.6 is 27.3 Å². The molecule has 3 nitrogen and oxygen atoms in total. The van der Waals surface area contributed by atoms with Gasteiger partial charge in [-0.25, -0.2) is 4.98 Å². The van der Waals surface area contributed by atoms with Crippen molar-refractivity contribution < 1.29 is 0 Å². The summed E-state index contributed by atoms with van der Waals surface area (Å²) >= 11 is 5.22. The van der Waals surface area contributed by atoms with Gasteiger partial charge in [-0.1, -0.05) is 12.8 Å². The van der Waals surface area contributed by atoms with Crippen molar-refractivity contribution in [2.24, 2.45) is 0 Å². The molecule has 3 rings (SSSR count). The van der Waals surface area contributed by atoms with Crippen LogP contribution in [0.5, 0.6) is 0 Å². The van der Waals surface area contributed by atoms with E-state index in [4.69, 9.17) is 0 Å². The molecule has 1 aliphatic heterocycles. The SMILES string of the molecule is Brc1csc(-c2cnc(C3CCCCCN3)[nH]2)c1. The highest BCUT2D eigenvalue weighted by molar-refractivity contribution is 9.10. The third kappa shape index (κ3) is 2.68. The predicted octanol–water partition coefficient (Wildman–Crippen LogP) is 4.11. The van der Waals surface area contributed by atoms with E-state index < -0.39 is 0 Å². The van der Waals surface area contributed by atoms with Gasteiger partial charge in [0, 0.05) is 9.85 Å². The molecule has 0 aromatic carbocycles. The van der Waals surface area contributed by atoms with Crippen molar-refractivity contribution in [3.63, 3.8) is 0 Å². The summed E-state index contributed by atoms with van der Waals surface area (Å²) in [6.07, 6.45) is 7.02. The molecule has 2 aromatic heterocycles. The Kier molecular flexibility index (Phi) is 3.82. The zero-order valence-electron chi connectivity index (χ0n) is 10.1. The lowest BCUT2D eigenvalue weighted by molar-refractivity contribution is 0.512. The molecule has 1 unspecified atom stereocenters. The van der Waals surface area contributed by atoms with Crippen LogP contribution in [0, 0.1) is 0 Å². The van der Waals surface area contributed by atoms with Gasteiger partial charge in [0.05, 0.1) is 22.8 Å². The van der Waals surface area contributed by atoms with E-state index in [1.807, 2.05) is 6.20 Å². The normalized spacial score (nSPS) is 20.8. The fourth-order valence-corrected chi connectivity index (χ4v) is 3.75. The fraction of sp³-hybridized carbons (Fsp3) is 0.462. The van der Waals surface area contributed by atoms with E-state index in [2.05, 4.69) is 42.7 Å². The lowest BCUT2D eigenvalue weighted by Gasteiger charge is -2.12. The number of imidazole rings is 1. The van der Waals surface area contributed by atoms with Gasteiger partial charge in [0.2, 0.25) is 0 Å². The minimum Gasteiger partial charge on any atom is -0.340 e. The van der Waals surface area contributed by atoms with Gasteiger partial charge in [-0.2, -0.15) is 0 Å². The zero-order chi connectivity index (χ0) is 12.4. The van der Waals surface area contributed by atoms with Crippen molar-refractivity contribution in [2.45, 2.75) is 31.7 Å². The lowest BCUT2D eigenvalue weighted by atomic mass is 10.1. The Labute approximate surface area is 119 Å². The lowest BCUT2D eigenvalue weighted by Crippen LogP contribution is -2.21. The fourth-order valence-electron chi connectivity index (χ4n) is 2.36. The number of aromatic nitrogens is 2. The van der Waals surface area contributed by atoms with Gasteiger partial charge in [-0.05, 0) is 41.4 Å². The zero-order valence-corrected chi connectivity index (χ0v) is 12.5. The molecule has 1 aliphatic rings. The average molecular weight is 326 g/mol. The maximum absolute atomic E-state index is 4.54. The summed E-state index contributed by atoms with van der Waals surface area (Å²) in [6, 6.07) is 2.52. The molecule has 1 atom stereocenters. The molecule has 0 bridgehead atoms. The van der Waals surface area contributed by atoms with Gasteiger partial charge in [-0.15, -0.1) is 11.3 Å². The molecule has 1 fully saturated rings. The average Bonchev–Trinajstić information content (AvgIpc) is 2.92. The van der Waals surface area contributed by atoms with E-state index in [1.165, 1.54) is 30.6 Å². The summed E-state index contributed by atoms with van der Waals surface area (Å²) in [7, 11) is 0. The molecular formula is C13H16BrN3S. The highest BCUT2D eigenvalue weighted by Gasteiger charge is 2.17. The predicted molar refractivity (Wildman–Crippen MR) is 78.8 cm³/mol. The summed E-state index contributed by atoms with van der Waals surface area (Å²) in [6.45, 7) is 1.10. The van der Waals surface area contributed by atoms with Crippen molar-refractivity contribution in [1.82, 2.24) is 15.3 Å². The molecule has 0 spiro atoms. The van der Waals surface area contributed by atoms with Crippen LogP contribution in [0.4, 0.5) is 0 Å². The summed E-state index contributed by atoms with van der Waals surface area (Å²) in [5.41, 5.74) is 1.12. The first kappa shape index (κ1) is 12.4. The van der Waals surface area contributed by atoms with Gasteiger partial charge in [-0.3, -0.25) is 0 Å². The first-order chi connectivity index (χ1) is 8.83. The van der Waals surface area contributed by atoms with Crippen LogP contribution in [0.2, 0.25) is 0 Å². The Bertz CT molecular complexity index is 512. The highest BCUT2D eigenvalue weighted by atomic mass is 79.9. The minimum absolute atomic E-state index is 0.393. The molecule has 3 heterocycles. The number of hydrogen-bond donors (Lipinski definition) is 2. The Balaban J connectivity index is 1.80. The number of aromatic amines is 1. The first-order valence-electron chi connectivity index (χ1n) is 6.35.